The molecule has 3 unspecified atom stereocenters. The molecule has 2 aromatic rings. The number of imide groups is 1. The number of nitrogens with zero attached hydrogens (tertiary/aromatic N) is 3. The lowest BCUT2D eigenvalue weighted by molar-refractivity contribution is -0.136. The van der Waals surface area contributed by atoms with E-state index < -0.39 is 6.04 Å². The van der Waals surface area contributed by atoms with Crippen LogP contribution in [0.1, 0.15) is 40.7 Å². The van der Waals surface area contributed by atoms with Crippen LogP contribution in [0.15, 0.2) is 36.4 Å². The zero-order valence-electron chi connectivity index (χ0n) is 18.5. The highest BCUT2D eigenvalue weighted by Crippen LogP contribution is 2.40. The van der Waals surface area contributed by atoms with Crippen molar-refractivity contribution in [3.8, 4) is 0 Å². The summed E-state index contributed by atoms with van der Waals surface area (Å²) in [5, 5.41) is 3.54. The van der Waals surface area contributed by atoms with E-state index in [0.29, 0.717) is 40.7 Å². The first-order chi connectivity index (χ1) is 16.4. The van der Waals surface area contributed by atoms with Crippen molar-refractivity contribution in [3.63, 3.8) is 0 Å². The second-order valence-corrected chi connectivity index (χ2v) is 10.4. The van der Waals surface area contributed by atoms with E-state index in [1.54, 1.807) is 4.90 Å². The summed E-state index contributed by atoms with van der Waals surface area (Å²) in [5.74, 6) is -0.787. The molecule has 4 fully saturated rings. The van der Waals surface area contributed by atoms with Gasteiger partial charge in [0.15, 0.2) is 0 Å². The molecule has 1 N–H and O–H groups in total. The molecule has 176 valence electrons. The van der Waals surface area contributed by atoms with Gasteiger partial charge in [-0.05, 0) is 42.2 Å². The van der Waals surface area contributed by atoms with E-state index in [1.807, 2.05) is 30.3 Å². The predicted molar refractivity (Wildman–Crippen MR) is 129 cm³/mol. The fourth-order valence-corrected chi connectivity index (χ4v) is 6.23. The van der Waals surface area contributed by atoms with E-state index in [9.17, 15) is 14.4 Å². The van der Waals surface area contributed by atoms with E-state index in [4.69, 9.17) is 23.2 Å². The number of piperidine rings is 2. The van der Waals surface area contributed by atoms with Crippen molar-refractivity contribution in [1.29, 1.82) is 0 Å². The number of hydrogen-bond acceptors (Lipinski definition) is 5. The molecule has 0 saturated carbocycles. The third-order valence-electron chi connectivity index (χ3n) is 7.57. The Hall–Kier alpha value is -2.61. The number of amides is 3. The zero-order chi connectivity index (χ0) is 23.6. The van der Waals surface area contributed by atoms with Crippen LogP contribution in [0.5, 0.6) is 0 Å². The Morgan fingerprint density at radius 3 is 2.59 bits per heavy atom. The van der Waals surface area contributed by atoms with Crippen LogP contribution in [-0.4, -0.2) is 58.7 Å². The number of hydrogen-bond donors (Lipinski definition) is 1. The standard InChI is InChI=1S/C25H24Cl2N4O3/c26-19-2-1-3-20(23(19)27)29-12-16-9-17(13-29)30(16)10-14-4-5-18-15(8-14)11-31(25(18)34)21-6-7-22(32)28-24(21)33/h1-5,8,16-17,21H,6-7,9-13H2,(H,28,32,33). The van der Waals surface area contributed by atoms with Gasteiger partial charge in [0.25, 0.3) is 5.91 Å². The maximum atomic E-state index is 12.9. The van der Waals surface area contributed by atoms with Gasteiger partial charge in [0.2, 0.25) is 11.8 Å². The normalized spacial score (nSPS) is 26.4. The summed E-state index contributed by atoms with van der Waals surface area (Å²) in [6.45, 7) is 3.04. The van der Waals surface area contributed by atoms with Gasteiger partial charge in [-0.2, -0.15) is 0 Å². The Morgan fingerprint density at radius 2 is 1.82 bits per heavy atom. The van der Waals surface area contributed by atoms with E-state index in [0.717, 1.165) is 30.9 Å². The number of fused-ring (bicyclic) bond motifs is 3. The summed E-state index contributed by atoms with van der Waals surface area (Å²) >= 11 is 12.7. The smallest absolute Gasteiger partial charge is 0.255 e. The van der Waals surface area contributed by atoms with Crippen molar-refractivity contribution in [2.24, 2.45) is 0 Å². The summed E-state index contributed by atoms with van der Waals surface area (Å²) in [7, 11) is 0. The second kappa shape index (κ2) is 8.26. The summed E-state index contributed by atoms with van der Waals surface area (Å²) in [4.78, 5) is 43.1. The lowest BCUT2D eigenvalue weighted by Gasteiger charge is -2.57. The van der Waals surface area contributed by atoms with Crippen LogP contribution in [0, 0.1) is 0 Å². The first kappa shape index (κ1) is 21.9. The van der Waals surface area contributed by atoms with Crippen LogP contribution in [0.25, 0.3) is 0 Å². The van der Waals surface area contributed by atoms with Crippen molar-refractivity contribution in [1.82, 2.24) is 15.1 Å². The molecule has 0 spiro atoms. The number of nitrogens with one attached hydrogen (secondary N) is 1. The average Bonchev–Trinajstić information content (AvgIpc) is 3.14. The summed E-state index contributed by atoms with van der Waals surface area (Å²) in [5.41, 5.74) is 3.76. The minimum absolute atomic E-state index is 0.133. The van der Waals surface area contributed by atoms with E-state index in [2.05, 4.69) is 21.2 Å². The predicted octanol–water partition coefficient (Wildman–Crippen LogP) is 3.22. The van der Waals surface area contributed by atoms with Crippen LogP contribution in [0.4, 0.5) is 5.69 Å². The lowest BCUT2D eigenvalue weighted by Crippen LogP contribution is -2.68. The molecule has 3 atom stereocenters. The Balaban J connectivity index is 1.13. The molecule has 2 aromatic carbocycles. The number of carbonyl (C=O) groups excluding carboxylic acids is 3. The topological polar surface area (TPSA) is 73.0 Å². The number of anilines is 1. The second-order valence-electron chi connectivity index (χ2n) is 9.59. The fraction of sp³-hybridized carbons (Fsp3) is 0.400. The Morgan fingerprint density at radius 1 is 1.03 bits per heavy atom. The van der Waals surface area contributed by atoms with E-state index >= 15 is 0 Å². The molecule has 4 saturated heterocycles. The Labute approximate surface area is 207 Å². The van der Waals surface area contributed by atoms with Crippen molar-refractivity contribution in [3.05, 3.63) is 63.1 Å². The molecule has 5 heterocycles. The average molecular weight is 499 g/mol. The molecule has 0 radical (unpaired) electrons. The fourth-order valence-electron chi connectivity index (χ4n) is 5.82. The number of carbonyl (C=O) groups is 3. The number of halogens is 2. The van der Waals surface area contributed by atoms with Crippen molar-refractivity contribution >= 4 is 46.6 Å². The highest BCUT2D eigenvalue weighted by Gasteiger charge is 2.45. The van der Waals surface area contributed by atoms with Gasteiger partial charge in [-0.3, -0.25) is 24.6 Å². The maximum Gasteiger partial charge on any atom is 0.255 e. The highest BCUT2D eigenvalue weighted by atomic mass is 35.5. The third kappa shape index (κ3) is 3.58. The van der Waals surface area contributed by atoms with Gasteiger partial charge >= 0.3 is 0 Å². The molecular weight excluding hydrogens is 475 g/mol. The summed E-state index contributed by atoms with van der Waals surface area (Å²) in [6.07, 6.45) is 1.81. The quantitative estimate of drug-likeness (QED) is 0.655. The number of benzene rings is 2. The largest absolute Gasteiger partial charge is 0.367 e. The van der Waals surface area contributed by atoms with E-state index in [1.165, 1.54) is 12.0 Å². The van der Waals surface area contributed by atoms with Gasteiger partial charge in [0.05, 0.1) is 15.7 Å². The molecule has 0 aromatic heterocycles. The monoisotopic (exact) mass is 498 g/mol. The SMILES string of the molecule is O=C1CCC(N2Cc3cc(CN4C5CC4CN(c4cccc(Cl)c4Cl)C5)ccc3C2=O)C(=O)N1. The van der Waals surface area contributed by atoms with Crippen LogP contribution in [0.2, 0.25) is 10.0 Å². The molecule has 7 rings (SSSR count). The minimum Gasteiger partial charge on any atom is -0.367 e. The van der Waals surface area contributed by atoms with Crippen LogP contribution < -0.4 is 10.2 Å². The summed E-state index contributed by atoms with van der Waals surface area (Å²) < 4.78 is 0. The molecular formula is C25H24Cl2N4O3. The van der Waals surface area contributed by atoms with Gasteiger partial charge in [-0.15, -0.1) is 0 Å². The van der Waals surface area contributed by atoms with Gasteiger partial charge in [-0.1, -0.05) is 41.4 Å². The highest BCUT2D eigenvalue weighted by molar-refractivity contribution is 6.43. The molecule has 2 bridgehead atoms. The van der Waals surface area contributed by atoms with Gasteiger partial charge < -0.3 is 9.80 Å². The molecule has 5 aliphatic rings. The third-order valence-corrected chi connectivity index (χ3v) is 8.38. The molecule has 5 aliphatic heterocycles. The van der Waals surface area contributed by atoms with Crippen LogP contribution in [0.3, 0.4) is 0 Å². The first-order valence-corrected chi connectivity index (χ1v) is 12.4. The van der Waals surface area contributed by atoms with Crippen molar-refractivity contribution < 1.29 is 14.4 Å². The van der Waals surface area contributed by atoms with E-state index in [-0.39, 0.29) is 24.1 Å². The summed E-state index contributed by atoms with van der Waals surface area (Å²) in [6, 6.07) is 12.1. The van der Waals surface area contributed by atoms with Crippen LogP contribution in [-0.2, 0) is 22.7 Å². The lowest BCUT2D eigenvalue weighted by atomic mass is 9.86. The van der Waals surface area contributed by atoms with Crippen LogP contribution >= 0.6 is 23.2 Å². The Kier molecular flexibility index (Phi) is 5.32. The van der Waals surface area contributed by atoms with Crippen molar-refractivity contribution in [2.75, 3.05) is 18.0 Å². The molecule has 3 amide bonds. The zero-order valence-corrected chi connectivity index (χ0v) is 20.0. The maximum absolute atomic E-state index is 12.9. The Bertz CT molecular complexity index is 1210. The van der Waals surface area contributed by atoms with Gasteiger partial charge in [0, 0.05) is 50.2 Å². The van der Waals surface area contributed by atoms with Crippen molar-refractivity contribution in [2.45, 2.75) is 50.5 Å². The van der Waals surface area contributed by atoms with Gasteiger partial charge in [0.1, 0.15) is 6.04 Å². The van der Waals surface area contributed by atoms with Gasteiger partial charge in [-0.25, -0.2) is 0 Å². The minimum atomic E-state index is -0.583. The molecule has 9 heteroatoms. The molecule has 34 heavy (non-hydrogen) atoms. The number of rotatable bonds is 4. The number of piperazine rings is 1. The first-order valence-electron chi connectivity index (χ1n) is 11.6. The molecule has 7 nitrogen and oxygen atoms in total. The molecule has 0 aliphatic carbocycles.